The van der Waals surface area contributed by atoms with Gasteiger partial charge in [0.1, 0.15) is 0 Å². The minimum atomic E-state index is -3.90. The predicted octanol–water partition coefficient (Wildman–Crippen LogP) is 3.08. The van der Waals surface area contributed by atoms with Crippen LogP contribution >= 0.6 is 0 Å². The zero-order chi connectivity index (χ0) is 19.6. The second-order valence-electron chi connectivity index (χ2n) is 5.92. The molecule has 3 aromatic rings. The first-order valence-electron chi connectivity index (χ1n) is 8.16. The van der Waals surface area contributed by atoms with Gasteiger partial charge in [0.15, 0.2) is 0 Å². The fraction of sp³-hybridized carbons (Fsp3) is 0.158. The maximum Gasteiger partial charge on any atom is 0.337 e. The molecule has 1 aromatic heterocycles. The van der Waals surface area contributed by atoms with E-state index in [-0.39, 0.29) is 10.5 Å². The topological polar surface area (TPSA) is 90.3 Å². The minimum Gasteiger partial charge on any atom is -0.465 e. The molecule has 0 saturated heterocycles. The maximum atomic E-state index is 12.8. The van der Waals surface area contributed by atoms with Gasteiger partial charge in [-0.2, -0.15) is 5.10 Å². The fourth-order valence-corrected chi connectivity index (χ4v) is 3.93. The van der Waals surface area contributed by atoms with Crippen LogP contribution in [0.15, 0.2) is 59.5 Å². The molecular formula is C19H19N3O4S. The number of para-hydroxylation sites is 1. The highest BCUT2D eigenvalue weighted by Crippen LogP contribution is 2.26. The average Bonchev–Trinajstić information content (AvgIpc) is 2.96. The van der Waals surface area contributed by atoms with E-state index in [1.807, 2.05) is 30.3 Å². The molecule has 0 spiro atoms. The van der Waals surface area contributed by atoms with Crippen LogP contribution in [0.4, 0.5) is 5.69 Å². The molecule has 0 bridgehead atoms. The number of benzene rings is 2. The summed E-state index contributed by atoms with van der Waals surface area (Å²) in [5.74, 6) is -0.601. The van der Waals surface area contributed by atoms with Gasteiger partial charge >= 0.3 is 5.97 Å². The first-order valence-corrected chi connectivity index (χ1v) is 9.64. The highest BCUT2D eigenvalue weighted by molar-refractivity contribution is 7.92. The Hall–Kier alpha value is -3.13. The highest BCUT2D eigenvalue weighted by Gasteiger charge is 2.21. The van der Waals surface area contributed by atoms with E-state index in [4.69, 9.17) is 0 Å². The molecule has 0 unspecified atom stereocenters. The normalized spacial score (nSPS) is 11.2. The third-order valence-electron chi connectivity index (χ3n) is 4.09. The molecule has 0 fully saturated rings. The van der Waals surface area contributed by atoms with E-state index in [2.05, 4.69) is 14.6 Å². The van der Waals surface area contributed by atoms with Gasteiger partial charge in [-0.05, 0) is 44.2 Å². The summed E-state index contributed by atoms with van der Waals surface area (Å²) >= 11 is 0. The minimum absolute atomic E-state index is 0.0309. The van der Waals surface area contributed by atoms with Crippen LogP contribution in [0.25, 0.3) is 5.69 Å². The van der Waals surface area contributed by atoms with E-state index in [0.717, 1.165) is 5.69 Å². The number of nitrogens with one attached hydrogen (secondary N) is 1. The third-order valence-corrected chi connectivity index (χ3v) is 5.44. The van der Waals surface area contributed by atoms with E-state index in [9.17, 15) is 13.2 Å². The SMILES string of the molecule is COC(=O)c1cccc(S(=O)(=O)Nc2c(C)nn(-c3ccccc3)c2C)c1. The zero-order valence-corrected chi connectivity index (χ0v) is 15.9. The summed E-state index contributed by atoms with van der Waals surface area (Å²) in [4.78, 5) is 11.6. The van der Waals surface area contributed by atoms with Crippen LogP contribution in [0.2, 0.25) is 0 Å². The Kier molecular flexibility index (Phi) is 5.00. The number of anilines is 1. The third kappa shape index (κ3) is 3.70. The van der Waals surface area contributed by atoms with Crippen molar-refractivity contribution in [2.24, 2.45) is 0 Å². The first-order chi connectivity index (χ1) is 12.8. The lowest BCUT2D eigenvalue weighted by atomic mass is 10.2. The number of aromatic nitrogens is 2. The Morgan fingerprint density at radius 1 is 1.07 bits per heavy atom. The van der Waals surface area contributed by atoms with Crippen molar-refractivity contribution in [3.63, 3.8) is 0 Å². The largest absolute Gasteiger partial charge is 0.465 e. The van der Waals surface area contributed by atoms with Gasteiger partial charge in [0.2, 0.25) is 0 Å². The van der Waals surface area contributed by atoms with E-state index < -0.39 is 16.0 Å². The first kappa shape index (κ1) is 18.7. The van der Waals surface area contributed by atoms with Crippen molar-refractivity contribution >= 4 is 21.7 Å². The number of sulfonamides is 1. The van der Waals surface area contributed by atoms with Crippen LogP contribution < -0.4 is 4.72 Å². The van der Waals surface area contributed by atoms with Crippen LogP contribution in [0.1, 0.15) is 21.7 Å². The Morgan fingerprint density at radius 3 is 2.44 bits per heavy atom. The Bertz CT molecular complexity index is 1090. The van der Waals surface area contributed by atoms with Crippen LogP contribution in [0.3, 0.4) is 0 Å². The summed E-state index contributed by atoms with van der Waals surface area (Å²) < 4.78 is 34.5. The molecule has 27 heavy (non-hydrogen) atoms. The van der Waals surface area contributed by atoms with Crippen LogP contribution in [0, 0.1) is 13.8 Å². The smallest absolute Gasteiger partial charge is 0.337 e. The van der Waals surface area contributed by atoms with Gasteiger partial charge in [-0.15, -0.1) is 0 Å². The van der Waals surface area contributed by atoms with Crippen molar-refractivity contribution in [2.45, 2.75) is 18.7 Å². The lowest BCUT2D eigenvalue weighted by Crippen LogP contribution is -2.15. The number of hydrogen-bond acceptors (Lipinski definition) is 5. The van der Waals surface area contributed by atoms with Gasteiger partial charge in [-0.3, -0.25) is 4.72 Å². The van der Waals surface area contributed by atoms with Crippen molar-refractivity contribution in [1.82, 2.24) is 9.78 Å². The van der Waals surface area contributed by atoms with Crippen LogP contribution in [0.5, 0.6) is 0 Å². The number of carbonyl (C=O) groups excluding carboxylic acids is 1. The monoisotopic (exact) mass is 385 g/mol. The molecule has 0 saturated carbocycles. The predicted molar refractivity (Wildman–Crippen MR) is 102 cm³/mol. The van der Waals surface area contributed by atoms with Gasteiger partial charge in [-0.1, -0.05) is 24.3 Å². The lowest BCUT2D eigenvalue weighted by Gasteiger charge is -2.10. The molecule has 8 heteroatoms. The molecule has 2 aromatic carbocycles. The molecule has 0 radical (unpaired) electrons. The molecule has 1 heterocycles. The molecule has 0 aliphatic rings. The summed E-state index contributed by atoms with van der Waals surface area (Å²) in [6, 6.07) is 15.1. The second kappa shape index (κ2) is 7.24. The number of rotatable bonds is 5. The molecule has 0 amide bonds. The van der Waals surface area contributed by atoms with Crippen molar-refractivity contribution in [2.75, 3.05) is 11.8 Å². The summed E-state index contributed by atoms with van der Waals surface area (Å²) in [7, 11) is -2.66. The number of hydrogen-bond donors (Lipinski definition) is 1. The maximum absolute atomic E-state index is 12.8. The zero-order valence-electron chi connectivity index (χ0n) is 15.1. The number of ether oxygens (including phenoxy) is 1. The second-order valence-corrected chi connectivity index (χ2v) is 7.60. The van der Waals surface area contributed by atoms with Gasteiger partial charge in [0.25, 0.3) is 10.0 Å². The van der Waals surface area contributed by atoms with Crippen LogP contribution in [-0.4, -0.2) is 31.3 Å². The van der Waals surface area contributed by atoms with Crippen molar-refractivity contribution in [1.29, 1.82) is 0 Å². The standard InChI is InChI=1S/C19H19N3O4S/c1-13-18(14(2)22(20-13)16-9-5-4-6-10-16)21-27(24,25)17-11-7-8-15(12-17)19(23)26-3/h4-12,21H,1-3H3. The quantitative estimate of drug-likeness (QED) is 0.682. The Morgan fingerprint density at radius 2 is 1.78 bits per heavy atom. The van der Waals surface area contributed by atoms with E-state index in [1.165, 1.54) is 31.4 Å². The number of nitrogens with zero attached hydrogens (tertiary/aromatic N) is 2. The molecule has 140 valence electrons. The van der Waals surface area contributed by atoms with E-state index in [0.29, 0.717) is 17.1 Å². The molecule has 0 aliphatic heterocycles. The summed E-state index contributed by atoms with van der Waals surface area (Å²) in [6.45, 7) is 3.52. The van der Waals surface area contributed by atoms with Crippen molar-refractivity contribution in [3.05, 3.63) is 71.5 Å². The number of aryl methyl sites for hydroxylation is 1. The summed E-state index contributed by atoms with van der Waals surface area (Å²) in [6.07, 6.45) is 0. The average molecular weight is 385 g/mol. The lowest BCUT2D eigenvalue weighted by molar-refractivity contribution is 0.0600. The molecule has 0 atom stereocenters. The Labute approximate surface area is 157 Å². The number of methoxy groups -OCH3 is 1. The fourth-order valence-electron chi connectivity index (χ4n) is 2.71. The summed E-state index contributed by atoms with van der Waals surface area (Å²) in [5, 5.41) is 4.43. The van der Waals surface area contributed by atoms with Crippen LogP contribution in [-0.2, 0) is 14.8 Å². The molecule has 1 N–H and O–H groups in total. The van der Waals surface area contributed by atoms with Gasteiger partial charge in [0, 0.05) is 0 Å². The molecule has 3 rings (SSSR count). The van der Waals surface area contributed by atoms with Crippen molar-refractivity contribution in [3.8, 4) is 5.69 Å². The Balaban J connectivity index is 1.98. The van der Waals surface area contributed by atoms with Gasteiger partial charge < -0.3 is 4.74 Å². The molecule has 0 aliphatic carbocycles. The van der Waals surface area contributed by atoms with Gasteiger partial charge in [-0.25, -0.2) is 17.9 Å². The number of esters is 1. The highest BCUT2D eigenvalue weighted by atomic mass is 32.2. The van der Waals surface area contributed by atoms with Gasteiger partial charge in [0.05, 0.1) is 40.3 Å². The number of carbonyl (C=O) groups is 1. The van der Waals surface area contributed by atoms with E-state index in [1.54, 1.807) is 18.5 Å². The molecule has 7 nitrogen and oxygen atoms in total. The summed E-state index contributed by atoms with van der Waals surface area (Å²) in [5.41, 5.74) is 2.60. The van der Waals surface area contributed by atoms with Crippen molar-refractivity contribution < 1.29 is 17.9 Å². The molecular weight excluding hydrogens is 366 g/mol. The van der Waals surface area contributed by atoms with E-state index >= 15 is 0 Å².